The first-order chi connectivity index (χ1) is 7.15. The van der Waals surface area contributed by atoms with Crippen LogP contribution in [0.25, 0.3) is 0 Å². The average Bonchev–Trinajstić information content (AvgIpc) is 2.20. The number of benzene rings is 1. The number of ether oxygens (including phenoxy) is 1. The summed E-state index contributed by atoms with van der Waals surface area (Å²) in [4.78, 5) is 10.2. The smallest absolute Gasteiger partial charge is 0.276 e. The van der Waals surface area contributed by atoms with E-state index in [1.807, 2.05) is 0 Å². The summed E-state index contributed by atoms with van der Waals surface area (Å²) in [6.45, 7) is 0.936. The molecule has 15 heavy (non-hydrogen) atoms. The number of rotatable bonds is 5. The second kappa shape index (κ2) is 5.65. The number of nitrogens with two attached hydrogens (primary N) is 1. The summed E-state index contributed by atoms with van der Waals surface area (Å²) in [5, 5.41) is 11.0. The maximum absolute atomic E-state index is 10.7. The first-order valence-electron chi connectivity index (χ1n) is 4.35. The maximum atomic E-state index is 10.7. The zero-order valence-electron chi connectivity index (χ0n) is 7.98. The molecule has 0 amide bonds. The Morgan fingerprint density at radius 3 is 2.87 bits per heavy atom. The van der Waals surface area contributed by atoms with E-state index in [1.165, 1.54) is 6.07 Å². The highest BCUT2D eigenvalue weighted by Gasteiger charge is 2.13. The molecule has 0 saturated heterocycles. The lowest BCUT2D eigenvalue weighted by molar-refractivity contribution is -0.385. The summed E-state index contributed by atoms with van der Waals surface area (Å²) < 4.78 is 5.13. The van der Waals surface area contributed by atoms with Gasteiger partial charge in [0.1, 0.15) is 0 Å². The summed E-state index contributed by atoms with van der Waals surface area (Å²) in [6.07, 6.45) is 0. The SMILES string of the molecule is NCCOCc1ccc(Cl)cc1[N+](=O)[O-]. The van der Waals surface area contributed by atoms with Crippen molar-refractivity contribution in [2.75, 3.05) is 13.2 Å². The Hall–Kier alpha value is -1.17. The number of nitrogens with zero attached hydrogens (tertiary/aromatic N) is 1. The second-order valence-corrected chi connectivity index (χ2v) is 3.31. The van der Waals surface area contributed by atoms with Crippen LogP contribution in [0.15, 0.2) is 18.2 Å². The van der Waals surface area contributed by atoms with Crippen LogP contribution in [0.1, 0.15) is 5.56 Å². The summed E-state index contributed by atoms with van der Waals surface area (Å²) in [6, 6.07) is 4.48. The minimum atomic E-state index is -0.479. The van der Waals surface area contributed by atoms with Gasteiger partial charge in [0.2, 0.25) is 0 Å². The predicted molar refractivity (Wildman–Crippen MR) is 56.8 cm³/mol. The fraction of sp³-hybridized carbons (Fsp3) is 0.333. The number of nitro benzene ring substituents is 1. The number of halogens is 1. The Morgan fingerprint density at radius 1 is 1.53 bits per heavy atom. The van der Waals surface area contributed by atoms with E-state index in [9.17, 15) is 10.1 Å². The van der Waals surface area contributed by atoms with Crippen molar-refractivity contribution in [2.24, 2.45) is 5.73 Å². The van der Waals surface area contributed by atoms with Gasteiger partial charge >= 0.3 is 0 Å². The molecule has 0 bridgehead atoms. The van der Waals surface area contributed by atoms with E-state index in [4.69, 9.17) is 22.1 Å². The van der Waals surface area contributed by atoms with Crippen LogP contribution in [0.5, 0.6) is 0 Å². The second-order valence-electron chi connectivity index (χ2n) is 2.87. The molecule has 6 heteroatoms. The van der Waals surface area contributed by atoms with Crippen molar-refractivity contribution in [1.29, 1.82) is 0 Å². The molecular formula is C9H11ClN2O3. The molecule has 0 aliphatic carbocycles. The molecule has 0 aliphatic heterocycles. The predicted octanol–water partition coefficient (Wildman–Crippen LogP) is 1.72. The molecule has 0 aliphatic rings. The molecule has 5 nitrogen and oxygen atoms in total. The normalized spacial score (nSPS) is 10.3. The standard InChI is InChI=1S/C9H11ClN2O3/c10-8-2-1-7(6-15-4-3-11)9(5-8)12(13)14/h1-2,5H,3-4,6,11H2. The molecule has 1 aromatic rings. The van der Waals surface area contributed by atoms with Gasteiger partial charge in [0, 0.05) is 17.6 Å². The largest absolute Gasteiger partial charge is 0.375 e. The van der Waals surface area contributed by atoms with Crippen molar-refractivity contribution in [3.05, 3.63) is 38.9 Å². The van der Waals surface area contributed by atoms with E-state index in [0.717, 1.165) is 0 Å². The molecule has 0 fully saturated rings. The van der Waals surface area contributed by atoms with E-state index in [0.29, 0.717) is 23.7 Å². The molecule has 0 spiro atoms. The van der Waals surface area contributed by atoms with Crippen molar-refractivity contribution >= 4 is 17.3 Å². The maximum Gasteiger partial charge on any atom is 0.276 e. The molecule has 1 rings (SSSR count). The van der Waals surface area contributed by atoms with Gasteiger partial charge < -0.3 is 10.5 Å². The van der Waals surface area contributed by atoms with E-state index in [1.54, 1.807) is 12.1 Å². The van der Waals surface area contributed by atoms with Crippen LogP contribution in [-0.4, -0.2) is 18.1 Å². The van der Waals surface area contributed by atoms with Crippen LogP contribution in [0.3, 0.4) is 0 Å². The molecule has 0 unspecified atom stereocenters. The Kier molecular flexibility index (Phi) is 4.48. The fourth-order valence-electron chi connectivity index (χ4n) is 1.09. The molecule has 0 radical (unpaired) electrons. The van der Waals surface area contributed by atoms with Crippen LogP contribution in [-0.2, 0) is 11.3 Å². The van der Waals surface area contributed by atoms with E-state index < -0.39 is 4.92 Å². The van der Waals surface area contributed by atoms with Crippen molar-refractivity contribution in [3.63, 3.8) is 0 Å². The van der Waals surface area contributed by atoms with Crippen molar-refractivity contribution < 1.29 is 9.66 Å². The van der Waals surface area contributed by atoms with Crippen LogP contribution in [0.4, 0.5) is 5.69 Å². The van der Waals surface area contributed by atoms with Crippen LogP contribution < -0.4 is 5.73 Å². The molecule has 2 N–H and O–H groups in total. The average molecular weight is 231 g/mol. The minimum Gasteiger partial charge on any atom is -0.375 e. The first-order valence-corrected chi connectivity index (χ1v) is 4.73. The topological polar surface area (TPSA) is 78.4 Å². The molecule has 82 valence electrons. The van der Waals surface area contributed by atoms with Gasteiger partial charge in [-0.15, -0.1) is 0 Å². The van der Waals surface area contributed by atoms with Crippen LogP contribution >= 0.6 is 11.6 Å². The summed E-state index contributed by atoms with van der Waals surface area (Å²) >= 11 is 5.66. The number of nitro groups is 1. The zero-order chi connectivity index (χ0) is 11.3. The van der Waals surface area contributed by atoms with Gasteiger partial charge in [-0.25, -0.2) is 0 Å². The van der Waals surface area contributed by atoms with Crippen LogP contribution in [0, 0.1) is 10.1 Å². The summed E-state index contributed by atoms with van der Waals surface area (Å²) in [5.74, 6) is 0. The molecular weight excluding hydrogens is 220 g/mol. The van der Waals surface area contributed by atoms with Gasteiger partial charge in [-0.3, -0.25) is 10.1 Å². The molecule has 0 heterocycles. The van der Waals surface area contributed by atoms with Gasteiger partial charge in [-0.1, -0.05) is 11.6 Å². The van der Waals surface area contributed by atoms with Crippen LogP contribution in [0.2, 0.25) is 5.02 Å². The van der Waals surface area contributed by atoms with Crippen molar-refractivity contribution in [2.45, 2.75) is 6.61 Å². The first kappa shape index (κ1) is 11.9. The number of hydrogen-bond donors (Lipinski definition) is 1. The van der Waals surface area contributed by atoms with Gasteiger partial charge in [-0.05, 0) is 12.1 Å². The van der Waals surface area contributed by atoms with Gasteiger partial charge in [0.05, 0.1) is 23.7 Å². The van der Waals surface area contributed by atoms with E-state index >= 15 is 0 Å². The van der Waals surface area contributed by atoms with Crippen molar-refractivity contribution in [3.8, 4) is 0 Å². The van der Waals surface area contributed by atoms with Gasteiger partial charge in [0.25, 0.3) is 5.69 Å². The summed E-state index contributed by atoms with van der Waals surface area (Å²) in [5.41, 5.74) is 5.70. The lowest BCUT2D eigenvalue weighted by Crippen LogP contribution is -2.08. The highest BCUT2D eigenvalue weighted by Crippen LogP contribution is 2.23. The number of hydrogen-bond acceptors (Lipinski definition) is 4. The fourth-order valence-corrected chi connectivity index (χ4v) is 1.26. The minimum absolute atomic E-state index is 0.0282. The highest BCUT2D eigenvalue weighted by atomic mass is 35.5. The molecule has 0 atom stereocenters. The van der Waals surface area contributed by atoms with E-state index in [-0.39, 0.29) is 12.3 Å². The Balaban J connectivity index is 2.81. The summed E-state index contributed by atoms with van der Waals surface area (Å²) in [7, 11) is 0. The zero-order valence-corrected chi connectivity index (χ0v) is 8.74. The quantitative estimate of drug-likeness (QED) is 0.475. The molecule has 0 aromatic heterocycles. The lowest BCUT2D eigenvalue weighted by atomic mass is 10.2. The van der Waals surface area contributed by atoms with Gasteiger partial charge in [0.15, 0.2) is 0 Å². The lowest BCUT2D eigenvalue weighted by Gasteiger charge is -2.04. The monoisotopic (exact) mass is 230 g/mol. The Labute approximate surface area is 91.9 Å². The molecule has 1 aromatic carbocycles. The third-order valence-electron chi connectivity index (χ3n) is 1.76. The molecule has 0 saturated carbocycles. The van der Waals surface area contributed by atoms with Crippen molar-refractivity contribution in [1.82, 2.24) is 0 Å². The Morgan fingerprint density at radius 2 is 2.27 bits per heavy atom. The van der Waals surface area contributed by atoms with Gasteiger partial charge in [-0.2, -0.15) is 0 Å². The van der Waals surface area contributed by atoms with E-state index in [2.05, 4.69) is 0 Å². The Bertz CT molecular complexity index is 357. The third-order valence-corrected chi connectivity index (χ3v) is 2.00. The third kappa shape index (κ3) is 3.47. The highest BCUT2D eigenvalue weighted by molar-refractivity contribution is 6.30.